The normalized spacial score (nSPS) is 17.0. The van der Waals surface area contributed by atoms with E-state index < -0.39 is 0 Å². The van der Waals surface area contributed by atoms with Crippen LogP contribution in [0.5, 0.6) is 0 Å². The van der Waals surface area contributed by atoms with Crippen molar-refractivity contribution in [3.05, 3.63) is 12.1 Å². The van der Waals surface area contributed by atoms with Gasteiger partial charge in [-0.25, -0.2) is 0 Å². The number of anilines is 1. The van der Waals surface area contributed by atoms with Crippen LogP contribution in [0.4, 0.5) is 5.82 Å². The molecule has 0 unspecified atom stereocenters. The summed E-state index contributed by atoms with van der Waals surface area (Å²) < 4.78 is 1.40. The fraction of sp³-hybridized carbons (Fsp3) is 0.643. The van der Waals surface area contributed by atoms with Crippen LogP contribution in [0, 0.1) is 5.41 Å². The van der Waals surface area contributed by atoms with Gasteiger partial charge in [0.2, 0.25) is 5.91 Å². The van der Waals surface area contributed by atoms with Crippen LogP contribution in [0.15, 0.2) is 12.1 Å². The van der Waals surface area contributed by atoms with Crippen molar-refractivity contribution in [1.82, 2.24) is 30.2 Å². The highest BCUT2D eigenvalue weighted by molar-refractivity contribution is 5.81. The first-order chi connectivity index (χ1) is 10.4. The molecule has 1 aliphatic rings. The summed E-state index contributed by atoms with van der Waals surface area (Å²) >= 11 is 0. The molecule has 0 radical (unpaired) electrons. The number of nitrogens with one attached hydrogen (secondary N) is 1. The third-order valence-corrected chi connectivity index (χ3v) is 3.85. The quantitative estimate of drug-likeness (QED) is 0.889. The van der Waals surface area contributed by atoms with Crippen LogP contribution >= 0.6 is 0 Å². The van der Waals surface area contributed by atoms with Gasteiger partial charge in [-0.2, -0.15) is 0 Å². The Morgan fingerprint density at radius 1 is 1.27 bits per heavy atom. The molecule has 3 heterocycles. The summed E-state index contributed by atoms with van der Waals surface area (Å²) in [5, 5.41) is 18.9. The second-order valence-corrected chi connectivity index (χ2v) is 6.71. The van der Waals surface area contributed by atoms with Crippen LogP contribution < -0.4 is 5.32 Å². The largest absolute Gasteiger partial charge is 0.366 e. The van der Waals surface area contributed by atoms with Crippen molar-refractivity contribution in [2.24, 2.45) is 5.41 Å². The molecule has 2 aromatic heterocycles. The van der Waals surface area contributed by atoms with Gasteiger partial charge in [-0.3, -0.25) is 4.79 Å². The van der Waals surface area contributed by atoms with Gasteiger partial charge >= 0.3 is 0 Å². The summed E-state index contributed by atoms with van der Waals surface area (Å²) in [6.07, 6.45) is 1.83. The molecule has 22 heavy (non-hydrogen) atoms. The maximum atomic E-state index is 12.3. The molecule has 1 amide bonds. The average Bonchev–Trinajstić information content (AvgIpc) is 2.94. The van der Waals surface area contributed by atoms with Crippen LogP contribution in [0.3, 0.4) is 0 Å². The molecule has 8 nitrogen and oxygen atoms in total. The van der Waals surface area contributed by atoms with E-state index in [1.165, 1.54) is 4.63 Å². The molecule has 3 rings (SSSR count). The number of hydrogen-bond acceptors (Lipinski definition) is 6. The standard InChI is InChI=1S/C14H21N7O/c1-14(2,3)13(22)20-8-6-10(7-9-20)15-11-4-5-12-16-18-19-21(12)17-11/h4-5,10H,6-9H2,1-3H3,(H,15,17). The van der Waals surface area contributed by atoms with Crippen molar-refractivity contribution in [1.29, 1.82) is 0 Å². The molecule has 1 aliphatic heterocycles. The maximum absolute atomic E-state index is 12.3. The molecule has 0 aromatic carbocycles. The zero-order chi connectivity index (χ0) is 15.7. The fourth-order valence-electron chi connectivity index (χ4n) is 2.64. The van der Waals surface area contributed by atoms with Crippen molar-refractivity contribution < 1.29 is 4.79 Å². The van der Waals surface area contributed by atoms with Crippen LogP contribution in [0.25, 0.3) is 5.65 Å². The van der Waals surface area contributed by atoms with Crippen molar-refractivity contribution in [2.45, 2.75) is 39.7 Å². The number of fused-ring (bicyclic) bond motifs is 1. The van der Waals surface area contributed by atoms with Gasteiger partial charge in [0, 0.05) is 24.5 Å². The minimum absolute atomic E-state index is 0.221. The molecule has 0 aliphatic carbocycles. The lowest BCUT2D eigenvalue weighted by molar-refractivity contribution is -0.140. The summed E-state index contributed by atoms with van der Waals surface area (Å²) in [7, 11) is 0. The molecule has 1 N–H and O–H groups in total. The third-order valence-electron chi connectivity index (χ3n) is 3.85. The Kier molecular flexibility index (Phi) is 3.67. The van der Waals surface area contributed by atoms with Crippen LogP contribution in [-0.4, -0.2) is 55.2 Å². The summed E-state index contributed by atoms with van der Waals surface area (Å²) in [6, 6.07) is 4.01. The highest BCUT2D eigenvalue weighted by atomic mass is 16.2. The maximum Gasteiger partial charge on any atom is 0.227 e. The molecule has 0 saturated carbocycles. The first kappa shape index (κ1) is 14.7. The number of amides is 1. The summed E-state index contributed by atoms with van der Waals surface area (Å²) in [5.41, 5.74) is 0.309. The lowest BCUT2D eigenvalue weighted by atomic mass is 9.93. The SMILES string of the molecule is CC(C)(C)C(=O)N1CCC(Nc2ccc3nnnn3n2)CC1. The Morgan fingerprint density at radius 3 is 2.68 bits per heavy atom. The van der Waals surface area contributed by atoms with E-state index in [-0.39, 0.29) is 11.3 Å². The highest BCUT2D eigenvalue weighted by Gasteiger charge is 2.30. The van der Waals surface area contributed by atoms with Crippen molar-refractivity contribution in [2.75, 3.05) is 18.4 Å². The number of likely N-dealkylation sites (tertiary alicyclic amines) is 1. The van der Waals surface area contributed by atoms with Crippen molar-refractivity contribution in [3.8, 4) is 0 Å². The van der Waals surface area contributed by atoms with E-state index in [9.17, 15) is 4.79 Å². The van der Waals surface area contributed by atoms with E-state index in [0.717, 1.165) is 31.7 Å². The first-order valence-corrected chi connectivity index (χ1v) is 7.55. The lowest BCUT2D eigenvalue weighted by Gasteiger charge is -2.36. The van der Waals surface area contributed by atoms with E-state index in [2.05, 4.69) is 25.9 Å². The van der Waals surface area contributed by atoms with E-state index in [1.807, 2.05) is 37.8 Å². The third kappa shape index (κ3) is 3.00. The van der Waals surface area contributed by atoms with Crippen LogP contribution in [0.1, 0.15) is 33.6 Å². The van der Waals surface area contributed by atoms with Gasteiger partial charge in [-0.15, -0.1) is 14.8 Å². The number of rotatable bonds is 2. The van der Waals surface area contributed by atoms with Crippen molar-refractivity contribution >= 4 is 17.4 Å². The van der Waals surface area contributed by atoms with Gasteiger partial charge in [-0.1, -0.05) is 20.8 Å². The second kappa shape index (κ2) is 5.51. The number of carbonyl (C=O) groups excluding carboxylic acids is 1. The van der Waals surface area contributed by atoms with Gasteiger partial charge in [0.25, 0.3) is 0 Å². The van der Waals surface area contributed by atoms with E-state index in [0.29, 0.717) is 11.7 Å². The number of piperidine rings is 1. The minimum Gasteiger partial charge on any atom is -0.366 e. The summed E-state index contributed by atoms with van der Waals surface area (Å²) in [6.45, 7) is 7.45. The molecular weight excluding hydrogens is 282 g/mol. The Morgan fingerprint density at radius 2 is 2.00 bits per heavy atom. The highest BCUT2D eigenvalue weighted by Crippen LogP contribution is 2.22. The Labute approximate surface area is 128 Å². The summed E-state index contributed by atoms with van der Waals surface area (Å²) in [5.74, 6) is 0.972. The molecule has 1 fully saturated rings. The molecular formula is C14H21N7O. The number of tetrazole rings is 1. The molecule has 8 heteroatoms. The van der Waals surface area contributed by atoms with E-state index >= 15 is 0 Å². The van der Waals surface area contributed by atoms with E-state index in [4.69, 9.17) is 0 Å². The monoisotopic (exact) mass is 303 g/mol. The zero-order valence-electron chi connectivity index (χ0n) is 13.2. The van der Waals surface area contributed by atoms with E-state index in [1.54, 1.807) is 0 Å². The number of nitrogens with zero attached hydrogens (tertiary/aromatic N) is 6. The van der Waals surface area contributed by atoms with Gasteiger partial charge in [0.1, 0.15) is 5.82 Å². The molecule has 1 saturated heterocycles. The predicted octanol–water partition coefficient (Wildman–Crippen LogP) is 0.968. The van der Waals surface area contributed by atoms with Gasteiger partial charge < -0.3 is 10.2 Å². The van der Waals surface area contributed by atoms with Crippen molar-refractivity contribution in [3.63, 3.8) is 0 Å². The first-order valence-electron chi connectivity index (χ1n) is 7.55. The van der Waals surface area contributed by atoms with Crippen LogP contribution in [-0.2, 0) is 4.79 Å². The topological polar surface area (TPSA) is 88.3 Å². The second-order valence-electron chi connectivity index (χ2n) is 6.71. The molecule has 0 spiro atoms. The fourth-order valence-corrected chi connectivity index (χ4v) is 2.64. The average molecular weight is 303 g/mol. The minimum atomic E-state index is -0.313. The molecule has 2 aromatic rings. The Hall–Kier alpha value is -2.25. The Balaban J connectivity index is 1.58. The number of aromatic nitrogens is 5. The lowest BCUT2D eigenvalue weighted by Crippen LogP contribution is -2.46. The smallest absolute Gasteiger partial charge is 0.227 e. The van der Waals surface area contributed by atoms with Gasteiger partial charge in [-0.05, 0) is 35.4 Å². The summed E-state index contributed by atoms with van der Waals surface area (Å²) in [4.78, 5) is 14.2. The van der Waals surface area contributed by atoms with Gasteiger partial charge in [0.15, 0.2) is 5.65 Å². The zero-order valence-corrected chi connectivity index (χ0v) is 13.2. The molecule has 0 bridgehead atoms. The predicted molar refractivity (Wildman–Crippen MR) is 81.3 cm³/mol. The Bertz CT molecular complexity index is 667. The van der Waals surface area contributed by atoms with Crippen LogP contribution in [0.2, 0.25) is 0 Å². The molecule has 118 valence electrons. The van der Waals surface area contributed by atoms with Gasteiger partial charge in [0.05, 0.1) is 0 Å². The molecule has 0 atom stereocenters. The number of carbonyl (C=O) groups is 1. The number of hydrogen-bond donors (Lipinski definition) is 1.